The van der Waals surface area contributed by atoms with Crippen molar-refractivity contribution in [1.82, 2.24) is 9.78 Å². The number of Topliss-reactive ketones (excluding diaryl/α,β-unsaturated/α-hetero) is 1. The topological polar surface area (TPSA) is 76.0 Å². The fourth-order valence-corrected chi connectivity index (χ4v) is 4.96. The molecule has 2 aliphatic rings. The molecule has 1 atom stereocenters. The lowest BCUT2D eigenvalue weighted by Gasteiger charge is -2.39. The monoisotopic (exact) mass is 454 g/mol. The third-order valence-electron chi connectivity index (χ3n) is 6.76. The van der Waals surface area contributed by atoms with Gasteiger partial charge in [0.15, 0.2) is 5.78 Å². The molecule has 1 aliphatic carbocycles. The van der Waals surface area contributed by atoms with Crippen LogP contribution < -0.4 is 10.6 Å². The Bertz CT molecular complexity index is 1300. The van der Waals surface area contributed by atoms with Gasteiger partial charge in [-0.25, -0.2) is 4.68 Å². The van der Waals surface area contributed by atoms with E-state index in [1.165, 1.54) is 5.56 Å². The molecule has 0 spiro atoms. The van der Waals surface area contributed by atoms with Crippen LogP contribution in [0.5, 0.6) is 0 Å². The Morgan fingerprint density at radius 2 is 1.82 bits per heavy atom. The van der Waals surface area contributed by atoms with E-state index in [4.69, 9.17) is 0 Å². The van der Waals surface area contributed by atoms with Crippen LogP contribution in [0.3, 0.4) is 0 Å². The summed E-state index contributed by atoms with van der Waals surface area (Å²) in [6.07, 6.45) is 3.77. The number of nitrogens with zero attached hydrogens (tertiary/aromatic N) is 2. The summed E-state index contributed by atoms with van der Waals surface area (Å²) >= 11 is 0. The van der Waals surface area contributed by atoms with Crippen LogP contribution in [-0.4, -0.2) is 21.5 Å². The number of allylic oxidation sites excluding steroid dienone is 2. The van der Waals surface area contributed by atoms with E-state index in [0.29, 0.717) is 17.8 Å². The quantitative estimate of drug-likeness (QED) is 0.533. The molecule has 3 aromatic rings. The van der Waals surface area contributed by atoms with Crippen molar-refractivity contribution < 1.29 is 9.59 Å². The van der Waals surface area contributed by atoms with Crippen molar-refractivity contribution in [3.63, 3.8) is 0 Å². The van der Waals surface area contributed by atoms with E-state index in [1.54, 1.807) is 10.9 Å². The van der Waals surface area contributed by atoms with Gasteiger partial charge in [0.2, 0.25) is 0 Å². The van der Waals surface area contributed by atoms with E-state index >= 15 is 0 Å². The highest BCUT2D eigenvalue weighted by molar-refractivity contribution is 6.08. The smallest absolute Gasteiger partial charge is 0.261 e. The van der Waals surface area contributed by atoms with Crippen LogP contribution in [0, 0.1) is 12.3 Å². The van der Waals surface area contributed by atoms with E-state index in [9.17, 15) is 9.59 Å². The van der Waals surface area contributed by atoms with Gasteiger partial charge in [0.25, 0.3) is 5.91 Å². The maximum absolute atomic E-state index is 13.4. The van der Waals surface area contributed by atoms with Gasteiger partial charge >= 0.3 is 0 Å². The number of hydrogen-bond donors (Lipinski definition) is 2. The van der Waals surface area contributed by atoms with Crippen molar-refractivity contribution in [2.45, 2.75) is 53.0 Å². The van der Waals surface area contributed by atoms with Crippen LogP contribution in [0.25, 0.3) is 0 Å². The van der Waals surface area contributed by atoms with Crippen molar-refractivity contribution in [1.29, 1.82) is 0 Å². The number of aryl methyl sites for hydroxylation is 2. The number of amides is 1. The van der Waals surface area contributed by atoms with E-state index in [0.717, 1.165) is 40.9 Å². The molecule has 2 heterocycles. The van der Waals surface area contributed by atoms with E-state index in [1.807, 2.05) is 31.2 Å². The van der Waals surface area contributed by atoms with Crippen LogP contribution in [0.1, 0.15) is 66.7 Å². The first-order valence-corrected chi connectivity index (χ1v) is 11.8. The number of carbonyl (C=O) groups is 2. The van der Waals surface area contributed by atoms with Crippen molar-refractivity contribution >= 4 is 23.2 Å². The van der Waals surface area contributed by atoms with Crippen molar-refractivity contribution in [3.8, 4) is 0 Å². The molecular weight excluding hydrogens is 424 g/mol. The maximum atomic E-state index is 13.4. The van der Waals surface area contributed by atoms with Gasteiger partial charge in [-0.1, -0.05) is 62.7 Å². The zero-order valence-corrected chi connectivity index (χ0v) is 20.1. The minimum atomic E-state index is -0.360. The number of benzene rings is 2. The molecular formula is C28H30N4O2. The standard InChI is InChI=1S/C28H30N4O2/c1-5-18-8-10-19(11-9-18)25-24-22(14-28(3,4)15-23(24)33)31-26-21(16-29-32(25)26)27(34)30-20-12-6-17(2)7-13-20/h6-13,16,25,31H,5,14-15H2,1-4H3,(H,30,34). The Hall–Kier alpha value is -3.67. The summed E-state index contributed by atoms with van der Waals surface area (Å²) < 4.78 is 1.79. The van der Waals surface area contributed by atoms with Gasteiger partial charge in [0.1, 0.15) is 17.4 Å². The molecule has 2 N–H and O–H groups in total. The fourth-order valence-electron chi connectivity index (χ4n) is 4.96. The number of nitrogens with one attached hydrogen (secondary N) is 2. The molecule has 0 fully saturated rings. The van der Waals surface area contributed by atoms with E-state index in [-0.39, 0.29) is 23.1 Å². The zero-order valence-electron chi connectivity index (χ0n) is 20.1. The highest BCUT2D eigenvalue weighted by Crippen LogP contribution is 2.46. The van der Waals surface area contributed by atoms with E-state index < -0.39 is 0 Å². The van der Waals surface area contributed by atoms with Gasteiger partial charge in [-0.2, -0.15) is 5.10 Å². The Kier molecular flexibility index (Phi) is 5.39. The fraction of sp³-hybridized carbons (Fsp3) is 0.321. The molecule has 1 aliphatic heterocycles. The second kappa shape index (κ2) is 8.28. The van der Waals surface area contributed by atoms with Gasteiger partial charge in [-0.15, -0.1) is 0 Å². The van der Waals surface area contributed by atoms with Crippen LogP contribution in [-0.2, 0) is 11.2 Å². The minimum absolute atomic E-state index is 0.134. The number of fused-ring (bicyclic) bond motifs is 1. The molecule has 1 amide bonds. The molecule has 6 nitrogen and oxygen atoms in total. The third-order valence-corrected chi connectivity index (χ3v) is 6.76. The summed E-state index contributed by atoms with van der Waals surface area (Å²) in [4.78, 5) is 26.6. The van der Waals surface area contributed by atoms with Gasteiger partial charge in [-0.3, -0.25) is 9.59 Å². The number of anilines is 2. The molecule has 34 heavy (non-hydrogen) atoms. The summed E-state index contributed by atoms with van der Waals surface area (Å²) in [6.45, 7) is 8.35. The van der Waals surface area contributed by atoms with E-state index in [2.05, 4.69) is 60.8 Å². The molecule has 0 saturated heterocycles. The molecule has 0 radical (unpaired) electrons. The molecule has 5 rings (SSSR count). The van der Waals surface area contributed by atoms with Gasteiger partial charge in [-0.05, 0) is 48.4 Å². The average Bonchev–Trinajstić information content (AvgIpc) is 3.22. The predicted molar refractivity (Wildman–Crippen MR) is 134 cm³/mol. The lowest BCUT2D eigenvalue weighted by atomic mass is 9.73. The zero-order chi connectivity index (χ0) is 24.0. The molecule has 1 aromatic heterocycles. The first-order valence-electron chi connectivity index (χ1n) is 11.8. The first-order chi connectivity index (χ1) is 16.3. The Balaban J connectivity index is 1.58. The van der Waals surface area contributed by atoms with Crippen molar-refractivity contribution in [3.05, 3.63) is 88.3 Å². The summed E-state index contributed by atoms with van der Waals surface area (Å²) in [5, 5.41) is 11.0. The van der Waals surface area contributed by atoms with Gasteiger partial charge in [0, 0.05) is 23.4 Å². The largest absolute Gasteiger partial charge is 0.343 e. The number of aromatic nitrogens is 2. The summed E-state index contributed by atoms with van der Waals surface area (Å²) in [6, 6.07) is 15.7. The van der Waals surface area contributed by atoms with Gasteiger partial charge in [0.05, 0.1) is 6.20 Å². The molecule has 0 bridgehead atoms. The number of carbonyl (C=O) groups excluding carboxylic acids is 2. The second-order valence-electron chi connectivity index (χ2n) is 10.1. The number of ketones is 1. The molecule has 2 aromatic carbocycles. The average molecular weight is 455 g/mol. The Morgan fingerprint density at radius 3 is 2.50 bits per heavy atom. The molecule has 0 saturated carbocycles. The summed E-state index contributed by atoms with van der Waals surface area (Å²) in [5.41, 5.74) is 6.05. The molecule has 6 heteroatoms. The minimum Gasteiger partial charge on any atom is -0.343 e. The summed E-state index contributed by atoms with van der Waals surface area (Å²) in [7, 11) is 0. The second-order valence-corrected chi connectivity index (χ2v) is 10.1. The highest BCUT2D eigenvalue weighted by atomic mass is 16.1. The first kappa shape index (κ1) is 22.1. The molecule has 174 valence electrons. The van der Waals surface area contributed by atoms with Crippen molar-refractivity contribution in [2.24, 2.45) is 5.41 Å². The lowest BCUT2D eigenvalue weighted by molar-refractivity contribution is -0.118. The predicted octanol–water partition coefficient (Wildman–Crippen LogP) is 5.66. The SMILES string of the molecule is CCc1ccc(C2C3=C(CC(C)(C)CC3=O)Nc3c(C(=O)Nc4ccc(C)cc4)cnn32)cc1. The highest BCUT2D eigenvalue weighted by Gasteiger charge is 2.42. The van der Waals surface area contributed by atoms with Crippen LogP contribution in [0.4, 0.5) is 11.5 Å². The van der Waals surface area contributed by atoms with Gasteiger partial charge < -0.3 is 10.6 Å². The number of hydrogen-bond acceptors (Lipinski definition) is 4. The lowest BCUT2D eigenvalue weighted by Crippen LogP contribution is -2.37. The van der Waals surface area contributed by atoms with Crippen LogP contribution >= 0.6 is 0 Å². The maximum Gasteiger partial charge on any atom is 0.261 e. The Labute approximate surface area is 200 Å². The number of rotatable bonds is 4. The third kappa shape index (κ3) is 3.94. The van der Waals surface area contributed by atoms with Crippen LogP contribution in [0.15, 0.2) is 66.0 Å². The molecule has 1 unspecified atom stereocenters. The summed E-state index contributed by atoms with van der Waals surface area (Å²) in [5.74, 6) is 0.525. The van der Waals surface area contributed by atoms with Crippen LogP contribution in [0.2, 0.25) is 0 Å². The van der Waals surface area contributed by atoms with Crippen molar-refractivity contribution in [2.75, 3.05) is 10.6 Å². The normalized spacial score (nSPS) is 18.7. The Morgan fingerprint density at radius 1 is 1.12 bits per heavy atom.